The quantitative estimate of drug-likeness (QED) is 0.340. The SMILES string of the molecule is CCCCCCC(C)=CCCBr. The van der Waals surface area contributed by atoms with Gasteiger partial charge in [-0.25, -0.2) is 0 Å². The molecule has 0 atom stereocenters. The van der Waals surface area contributed by atoms with Crippen molar-refractivity contribution in [3.8, 4) is 0 Å². The van der Waals surface area contributed by atoms with Crippen LogP contribution in [0.25, 0.3) is 0 Å². The molecule has 0 unspecified atom stereocenters. The predicted octanol–water partition coefficient (Wildman–Crippen LogP) is 4.69. The van der Waals surface area contributed by atoms with E-state index >= 15 is 0 Å². The highest BCUT2D eigenvalue weighted by Crippen LogP contribution is 2.10. The summed E-state index contributed by atoms with van der Waals surface area (Å²) in [5.41, 5.74) is 1.56. The number of allylic oxidation sites excluding steroid dienone is 2. The van der Waals surface area contributed by atoms with E-state index in [0.717, 1.165) is 5.33 Å². The van der Waals surface area contributed by atoms with Crippen LogP contribution in [0.4, 0.5) is 0 Å². The summed E-state index contributed by atoms with van der Waals surface area (Å²) in [6.45, 7) is 4.50. The Morgan fingerprint density at radius 1 is 1.25 bits per heavy atom. The second-order valence-corrected chi connectivity index (χ2v) is 4.13. The molecule has 0 heterocycles. The van der Waals surface area contributed by atoms with Gasteiger partial charge >= 0.3 is 0 Å². The average Bonchev–Trinajstić information content (AvgIpc) is 2.09. The molecule has 0 fully saturated rings. The van der Waals surface area contributed by atoms with Gasteiger partial charge in [0.05, 0.1) is 0 Å². The third kappa shape index (κ3) is 8.32. The van der Waals surface area contributed by atoms with Crippen molar-refractivity contribution in [1.82, 2.24) is 0 Å². The fourth-order valence-corrected chi connectivity index (χ4v) is 1.46. The molecule has 12 heavy (non-hydrogen) atoms. The Kier molecular flexibility index (Phi) is 9.48. The summed E-state index contributed by atoms with van der Waals surface area (Å²) in [4.78, 5) is 0. The van der Waals surface area contributed by atoms with E-state index in [1.165, 1.54) is 38.5 Å². The van der Waals surface area contributed by atoms with Gasteiger partial charge in [-0.1, -0.05) is 53.8 Å². The van der Waals surface area contributed by atoms with E-state index in [0.29, 0.717) is 0 Å². The van der Waals surface area contributed by atoms with Gasteiger partial charge in [0.25, 0.3) is 0 Å². The number of halogens is 1. The van der Waals surface area contributed by atoms with Crippen molar-refractivity contribution in [3.05, 3.63) is 11.6 Å². The summed E-state index contributed by atoms with van der Waals surface area (Å²) in [7, 11) is 0. The summed E-state index contributed by atoms with van der Waals surface area (Å²) in [6.07, 6.45) is 10.3. The fraction of sp³-hybridized carbons (Fsp3) is 0.818. The zero-order valence-corrected chi connectivity index (χ0v) is 9.99. The summed E-state index contributed by atoms with van der Waals surface area (Å²) >= 11 is 3.43. The third-order valence-corrected chi connectivity index (χ3v) is 2.48. The van der Waals surface area contributed by atoms with E-state index < -0.39 is 0 Å². The Bertz CT molecular complexity index is 116. The van der Waals surface area contributed by atoms with E-state index in [9.17, 15) is 0 Å². The van der Waals surface area contributed by atoms with Crippen molar-refractivity contribution >= 4 is 15.9 Å². The van der Waals surface area contributed by atoms with Gasteiger partial charge in [-0.3, -0.25) is 0 Å². The lowest BCUT2D eigenvalue weighted by Crippen LogP contribution is -1.80. The summed E-state index contributed by atoms with van der Waals surface area (Å²) < 4.78 is 0. The molecule has 0 nitrogen and oxygen atoms in total. The molecule has 0 bridgehead atoms. The van der Waals surface area contributed by atoms with E-state index in [2.05, 4.69) is 35.9 Å². The highest BCUT2D eigenvalue weighted by atomic mass is 79.9. The largest absolute Gasteiger partial charge is 0.0925 e. The lowest BCUT2D eigenvalue weighted by Gasteiger charge is -2.00. The minimum atomic E-state index is 1.10. The first kappa shape index (κ1) is 12.2. The van der Waals surface area contributed by atoms with E-state index in [4.69, 9.17) is 0 Å². The number of hydrogen-bond acceptors (Lipinski definition) is 0. The fourth-order valence-electron chi connectivity index (χ4n) is 1.23. The molecule has 0 aromatic carbocycles. The number of rotatable bonds is 7. The van der Waals surface area contributed by atoms with Crippen molar-refractivity contribution in [2.75, 3.05) is 5.33 Å². The molecule has 0 aromatic heterocycles. The average molecular weight is 233 g/mol. The van der Waals surface area contributed by atoms with Crippen LogP contribution in [0, 0.1) is 0 Å². The molecule has 0 N–H and O–H groups in total. The molecular weight excluding hydrogens is 212 g/mol. The molecule has 0 aliphatic heterocycles. The van der Waals surface area contributed by atoms with Gasteiger partial charge < -0.3 is 0 Å². The summed E-state index contributed by atoms with van der Waals surface area (Å²) in [5, 5.41) is 1.10. The molecule has 0 aliphatic carbocycles. The molecule has 0 rings (SSSR count). The molecule has 0 saturated carbocycles. The number of alkyl halides is 1. The van der Waals surface area contributed by atoms with Crippen LogP contribution in [-0.4, -0.2) is 5.33 Å². The molecule has 1 heteroatoms. The smallest absolute Gasteiger partial charge is 0.00660 e. The lowest BCUT2D eigenvalue weighted by atomic mass is 10.1. The molecule has 0 aromatic rings. The second kappa shape index (κ2) is 9.31. The first-order chi connectivity index (χ1) is 5.81. The van der Waals surface area contributed by atoms with Crippen molar-refractivity contribution in [1.29, 1.82) is 0 Å². The summed E-state index contributed by atoms with van der Waals surface area (Å²) in [6, 6.07) is 0. The van der Waals surface area contributed by atoms with Crippen LogP contribution in [0.15, 0.2) is 11.6 Å². The van der Waals surface area contributed by atoms with E-state index in [-0.39, 0.29) is 0 Å². The van der Waals surface area contributed by atoms with Gasteiger partial charge in [0.2, 0.25) is 0 Å². The molecule has 0 radical (unpaired) electrons. The standard InChI is InChI=1S/C11H21Br/c1-3-4-5-6-8-11(2)9-7-10-12/h9H,3-8,10H2,1-2H3. The molecule has 0 spiro atoms. The minimum absolute atomic E-state index is 1.10. The Morgan fingerprint density at radius 3 is 2.58 bits per heavy atom. The molecule has 0 amide bonds. The highest BCUT2D eigenvalue weighted by molar-refractivity contribution is 9.09. The second-order valence-electron chi connectivity index (χ2n) is 3.34. The lowest BCUT2D eigenvalue weighted by molar-refractivity contribution is 0.663. The van der Waals surface area contributed by atoms with Crippen LogP contribution in [0.1, 0.15) is 52.4 Å². The van der Waals surface area contributed by atoms with Crippen LogP contribution in [0.2, 0.25) is 0 Å². The van der Waals surface area contributed by atoms with Crippen LogP contribution < -0.4 is 0 Å². The van der Waals surface area contributed by atoms with Crippen LogP contribution in [0.3, 0.4) is 0 Å². The van der Waals surface area contributed by atoms with Crippen LogP contribution in [0.5, 0.6) is 0 Å². The Labute approximate surface area is 85.6 Å². The Morgan fingerprint density at radius 2 is 2.00 bits per heavy atom. The van der Waals surface area contributed by atoms with Crippen molar-refractivity contribution in [2.45, 2.75) is 52.4 Å². The Balaban J connectivity index is 3.24. The Hall–Kier alpha value is 0.220. The van der Waals surface area contributed by atoms with Gasteiger partial charge in [0.1, 0.15) is 0 Å². The zero-order valence-electron chi connectivity index (χ0n) is 8.41. The van der Waals surface area contributed by atoms with Gasteiger partial charge in [-0.05, 0) is 26.2 Å². The monoisotopic (exact) mass is 232 g/mol. The number of unbranched alkanes of at least 4 members (excludes halogenated alkanes) is 3. The zero-order chi connectivity index (χ0) is 9.23. The predicted molar refractivity (Wildman–Crippen MR) is 60.9 cm³/mol. The van der Waals surface area contributed by atoms with Gasteiger partial charge in [0.15, 0.2) is 0 Å². The number of hydrogen-bond donors (Lipinski definition) is 0. The first-order valence-corrected chi connectivity index (χ1v) is 6.15. The van der Waals surface area contributed by atoms with Crippen LogP contribution in [-0.2, 0) is 0 Å². The van der Waals surface area contributed by atoms with Crippen molar-refractivity contribution < 1.29 is 0 Å². The van der Waals surface area contributed by atoms with Gasteiger partial charge in [-0.2, -0.15) is 0 Å². The van der Waals surface area contributed by atoms with E-state index in [1.54, 1.807) is 5.57 Å². The van der Waals surface area contributed by atoms with Crippen molar-refractivity contribution in [3.63, 3.8) is 0 Å². The van der Waals surface area contributed by atoms with Crippen LogP contribution >= 0.6 is 15.9 Å². The maximum atomic E-state index is 3.43. The minimum Gasteiger partial charge on any atom is -0.0925 e. The van der Waals surface area contributed by atoms with Gasteiger partial charge in [-0.15, -0.1) is 0 Å². The summed E-state index contributed by atoms with van der Waals surface area (Å²) in [5.74, 6) is 0. The highest BCUT2D eigenvalue weighted by Gasteiger charge is 1.90. The first-order valence-electron chi connectivity index (χ1n) is 5.02. The third-order valence-electron chi connectivity index (χ3n) is 2.03. The molecule has 0 saturated heterocycles. The maximum Gasteiger partial charge on any atom is 0.00660 e. The molecule has 0 aliphatic rings. The van der Waals surface area contributed by atoms with Gasteiger partial charge in [0, 0.05) is 5.33 Å². The normalized spacial score (nSPS) is 12.1. The molecular formula is C11H21Br. The molecule has 72 valence electrons. The topological polar surface area (TPSA) is 0 Å². The van der Waals surface area contributed by atoms with E-state index in [1.807, 2.05) is 0 Å². The van der Waals surface area contributed by atoms with Crippen molar-refractivity contribution in [2.24, 2.45) is 0 Å². The maximum absolute atomic E-state index is 3.43.